The molecule has 2 aliphatic rings. The topological polar surface area (TPSA) is 89.1 Å². The lowest BCUT2D eigenvalue weighted by atomic mass is 9.95. The van der Waals surface area contributed by atoms with Crippen molar-refractivity contribution in [3.8, 4) is 17.2 Å². The van der Waals surface area contributed by atoms with Crippen molar-refractivity contribution in [3.63, 3.8) is 0 Å². The zero-order valence-electron chi connectivity index (χ0n) is 14.1. The van der Waals surface area contributed by atoms with Gasteiger partial charge < -0.3 is 30.0 Å². The van der Waals surface area contributed by atoms with Gasteiger partial charge in [-0.05, 0) is 19.0 Å². The van der Waals surface area contributed by atoms with Crippen LogP contribution in [0.2, 0.25) is 5.02 Å². The Labute approximate surface area is 151 Å². The molecule has 1 amide bonds. The maximum Gasteiger partial charge on any atom is 0.255 e. The van der Waals surface area contributed by atoms with Crippen LogP contribution < -0.4 is 24.8 Å². The molecule has 2 heterocycles. The molecule has 1 aromatic rings. The number of fused-ring (bicyclic) bond motifs is 1. The van der Waals surface area contributed by atoms with E-state index in [1.165, 1.54) is 13.2 Å². The molecule has 3 N–H and O–H groups in total. The second-order valence-corrected chi connectivity index (χ2v) is 6.59. The molecule has 3 rings (SSSR count). The van der Waals surface area contributed by atoms with Gasteiger partial charge in [0.2, 0.25) is 5.75 Å². The Morgan fingerprint density at radius 1 is 1.44 bits per heavy atom. The van der Waals surface area contributed by atoms with E-state index in [9.17, 15) is 9.90 Å². The number of methoxy groups -OCH3 is 1. The van der Waals surface area contributed by atoms with Crippen molar-refractivity contribution in [1.29, 1.82) is 0 Å². The van der Waals surface area contributed by atoms with Gasteiger partial charge in [0.1, 0.15) is 0 Å². The van der Waals surface area contributed by atoms with Crippen LogP contribution >= 0.6 is 11.6 Å². The molecule has 1 unspecified atom stereocenters. The highest BCUT2D eigenvalue weighted by molar-refractivity contribution is 6.33. The van der Waals surface area contributed by atoms with Crippen molar-refractivity contribution >= 4 is 17.5 Å². The second-order valence-electron chi connectivity index (χ2n) is 6.18. The van der Waals surface area contributed by atoms with Gasteiger partial charge in [0.15, 0.2) is 11.5 Å². The van der Waals surface area contributed by atoms with Crippen molar-refractivity contribution in [2.24, 2.45) is 5.92 Å². The molecule has 7 nitrogen and oxygen atoms in total. The zero-order valence-corrected chi connectivity index (χ0v) is 14.9. The standard InChI is InChI=1S/C17H23ClN2O5/c1-23-15-12(18)7-11(14-16(15)25-6-2-5-24-14)17(22)20-8-10-3-4-19-9-13(10)21/h7,10,13,19,21H,2-6,8-9H2,1H3,(H,20,22)/t10-,13?/m0/s1. The van der Waals surface area contributed by atoms with E-state index in [2.05, 4.69) is 10.6 Å². The van der Waals surface area contributed by atoms with Crippen LogP contribution in [0.1, 0.15) is 23.2 Å². The van der Waals surface area contributed by atoms with Gasteiger partial charge in [-0.3, -0.25) is 4.79 Å². The Balaban J connectivity index is 1.81. The summed E-state index contributed by atoms with van der Waals surface area (Å²) in [5, 5.41) is 16.3. The van der Waals surface area contributed by atoms with Gasteiger partial charge in [0.25, 0.3) is 5.91 Å². The number of hydrogen-bond acceptors (Lipinski definition) is 6. The summed E-state index contributed by atoms with van der Waals surface area (Å²) in [4.78, 5) is 12.7. The molecule has 138 valence electrons. The number of halogens is 1. The summed E-state index contributed by atoms with van der Waals surface area (Å²) in [6.07, 6.45) is 1.05. The van der Waals surface area contributed by atoms with E-state index in [4.69, 9.17) is 25.8 Å². The number of carbonyl (C=O) groups excluding carboxylic acids is 1. The molecule has 2 aliphatic heterocycles. The first-order chi connectivity index (χ1) is 12.1. The van der Waals surface area contributed by atoms with Crippen molar-refractivity contribution in [1.82, 2.24) is 10.6 Å². The van der Waals surface area contributed by atoms with E-state index in [-0.39, 0.29) is 11.8 Å². The highest BCUT2D eigenvalue weighted by Gasteiger charge is 2.28. The summed E-state index contributed by atoms with van der Waals surface area (Å²) in [5.74, 6) is 0.789. The molecule has 0 radical (unpaired) electrons. The van der Waals surface area contributed by atoms with Gasteiger partial charge in [-0.25, -0.2) is 0 Å². The maximum atomic E-state index is 12.7. The highest BCUT2D eigenvalue weighted by atomic mass is 35.5. The first-order valence-electron chi connectivity index (χ1n) is 8.45. The van der Waals surface area contributed by atoms with Crippen LogP contribution in [0.25, 0.3) is 0 Å². The number of aliphatic hydroxyl groups excluding tert-OH is 1. The second kappa shape index (κ2) is 8.12. The number of piperidine rings is 1. The van der Waals surface area contributed by atoms with Crippen LogP contribution in [0.4, 0.5) is 0 Å². The minimum absolute atomic E-state index is 0.0229. The highest BCUT2D eigenvalue weighted by Crippen LogP contribution is 2.46. The molecule has 0 aromatic heterocycles. The third-order valence-corrected chi connectivity index (χ3v) is 4.77. The Morgan fingerprint density at radius 2 is 2.20 bits per heavy atom. The Bertz CT molecular complexity index is 640. The summed E-state index contributed by atoms with van der Waals surface area (Å²) < 4.78 is 16.7. The van der Waals surface area contributed by atoms with E-state index >= 15 is 0 Å². The molecule has 0 bridgehead atoms. The normalized spacial score (nSPS) is 22.8. The van der Waals surface area contributed by atoms with Gasteiger partial charge >= 0.3 is 0 Å². The monoisotopic (exact) mass is 370 g/mol. The number of carbonyl (C=O) groups is 1. The average Bonchev–Trinajstić information content (AvgIpc) is 2.86. The van der Waals surface area contributed by atoms with Crippen molar-refractivity contribution in [2.45, 2.75) is 18.9 Å². The van der Waals surface area contributed by atoms with Crippen LogP contribution in [0.15, 0.2) is 6.07 Å². The van der Waals surface area contributed by atoms with E-state index in [0.717, 1.165) is 13.0 Å². The Hall–Kier alpha value is -1.70. The number of amides is 1. The predicted octanol–water partition coefficient (Wildman–Crippen LogP) is 1.21. The first kappa shape index (κ1) is 18.1. The molecule has 1 aromatic carbocycles. The number of benzene rings is 1. The van der Waals surface area contributed by atoms with Crippen molar-refractivity contribution < 1.29 is 24.1 Å². The minimum Gasteiger partial charge on any atom is -0.491 e. The summed E-state index contributed by atoms with van der Waals surface area (Å²) in [6.45, 7) is 2.68. The summed E-state index contributed by atoms with van der Waals surface area (Å²) >= 11 is 6.25. The van der Waals surface area contributed by atoms with Gasteiger partial charge in [0.05, 0.1) is 37.0 Å². The smallest absolute Gasteiger partial charge is 0.255 e. The predicted molar refractivity (Wildman–Crippen MR) is 92.9 cm³/mol. The average molecular weight is 371 g/mol. The molecule has 25 heavy (non-hydrogen) atoms. The number of ether oxygens (including phenoxy) is 3. The Kier molecular flexibility index (Phi) is 5.88. The van der Waals surface area contributed by atoms with Crippen LogP contribution in [0, 0.1) is 5.92 Å². The summed E-state index contributed by atoms with van der Waals surface area (Å²) in [5.41, 5.74) is 0.311. The van der Waals surface area contributed by atoms with Crippen LogP contribution in [-0.4, -0.2) is 57.1 Å². The van der Waals surface area contributed by atoms with E-state index in [1.807, 2.05) is 0 Å². The SMILES string of the molecule is COc1c(Cl)cc(C(=O)NC[C@@H]2CCNCC2O)c2c1OCCCO2. The zero-order chi connectivity index (χ0) is 17.8. The van der Waals surface area contributed by atoms with Crippen LogP contribution in [0.5, 0.6) is 17.2 Å². The van der Waals surface area contributed by atoms with E-state index < -0.39 is 6.10 Å². The van der Waals surface area contributed by atoms with Crippen molar-refractivity contribution in [3.05, 3.63) is 16.7 Å². The molecule has 0 saturated carbocycles. The van der Waals surface area contributed by atoms with Crippen molar-refractivity contribution in [2.75, 3.05) is 40.0 Å². The fourth-order valence-corrected chi connectivity index (χ4v) is 3.36. The molecule has 0 aliphatic carbocycles. The summed E-state index contributed by atoms with van der Waals surface area (Å²) in [7, 11) is 1.49. The fraction of sp³-hybridized carbons (Fsp3) is 0.588. The summed E-state index contributed by atoms with van der Waals surface area (Å²) in [6, 6.07) is 1.53. The lowest BCUT2D eigenvalue weighted by Crippen LogP contribution is -2.45. The third kappa shape index (κ3) is 3.94. The first-order valence-corrected chi connectivity index (χ1v) is 8.82. The van der Waals surface area contributed by atoms with Gasteiger partial charge in [0, 0.05) is 25.4 Å². The number of hydrogen-bond donors (Lipinski definition) is 3. The molecule has 0 spiro atoms. The lowest BCUT2D eigenvalue weighted by Gasteiger charge is -2.28. The van der Waals surface area contributed by atoms with E-state index in [1.54, 1.807) is 0 Å². The number of rotatable bonds is 4. The molecule has 1 saturated heterocycles. The number of aliphatic hydroxyl groups is 1. The minimum atomic E-state index is -0.467. The van der Waals surface area contributed by atoms with E-state index in [0.29, 0.717) is 60.6 Å². The molecular weight excluding hydrogens is 348 g/mol. The largest absolute Gasteiger partial charge is 0.491 e. The van der Waals surface area contributed by atoms with Gasteiger partial charge in [-0.15, -0.1) is 0 Å². The Morgan fingerprint density at radius 3 is 2.92 bits per heavy atom. The maximum absolute atomic E-state index is 12.7. The molecule has 1 fully saturated rings. The molecular formula is C17H23ClN2O5. The van der Waals surface area contributed by atoms with Crippen LogP contribution in [0.3, 0.4) is 0 Å². The third-order valence-electron chi connectivity index (χ3n) is 4.49. The quantitative estimate of drug-likeness (QED) is 0.738. The lowest BCUT2D eigenvalue weighted by molar-refractivity contribution is 0.0752. The molecule has 8 heteroatoms. The fourth-order valence-electron chi connectivity index (χ4n) is 3.09. The molecule has 2 atom stereocenters. The van der Waals surface area contributed by atoms with Gasteiger partial charge in [-0.1, -0.05) is 11.6 Å². The number of β-amino-alcohol motifs (C(OH)–C–C–N with tert-alkyl or cyclic N) is 1. The van der Waals surface area contributed by atoms with Crippen LogP contribution in [-0.2, 0) is 0 Å². The number of nitrogens with one attached hydrogen (secondary N) is 2. The van der Waals surface area contributed by atoms with Gasteiger partial charge in [-0.2, -0.15) is 0 Å².